The van der Waals surface area contributed by atoms with Gasteiger partial charge in [0, 0.05) is 11.3 Å². The molecule has 0 bridgehead atoms. The van der Waals surface area contributed by atoms with Crippen LogP contribution >= 0.6 is 11.8 Å². The van der Waals surface area contributed by atoms with Gasteiger partial charge in [0.1, 0.15) is 5.78 Å². The lowest BCUT2D eigenvalue weighted by molar-refractivity contribution is -0.116. The smallest absolute Gasteiger partial charge is 0.146 e. The molecule has 1 aromatic rings. The van der Waals surface area contributed by atoms with Crippen LogP contribution in [0.4, 0.5) is 0 Å². The van der Waals surface area contributed by atoms with Gasteiger partial charge in [0.05, 0.1) is 5.25 Å². The van der Waals surface area contributed by atoms with E-state index in [-0.39, 0.29) is 5.25 Å². The fourth-order valence-corrected chi connectivity index (χ4v) is 3.16. The topological polar surface area (TPSA) is 17.1 Å². The molecule has 1 aromatic carbocycles. The van der Waals surface area contributed by atoms with Gasteiger partial charge in [-0.05, 0) is 36.5 Å². The fourth-order valence-electron chi connectivity index (χ4n) is 2.00. The number of benzene rings is 1. The van der Waals surface area contributed by atoms with Crippen LogP contribution in [0.15, 0.2) is 29.2 Å². The molecule has 1 aliphatic rings. The van der Waals surface area contributed by atoms with E-state index < -0.39 is 0 Å². The maximum atomic E-state index is 11.5. The van der Waals surface area contributed by atoms with Crippen molar-refractivity contribution < 1.29 is 4.79 Å². The van der Waals surface area contributed by atoms with E-state index in [1.165, 1.54) is 10.5 Å². The lowest BCUT2D eigenvalue weighted by Crippen LogP contribution is -2.07. The standard InChI is InChI=1S/C14H18OS/c1-10(2)11-6-8-12(9-7-11)16-14-5-3-4-13(14)15/h6-10,14H,3-5H2,1-2H3. The Balaban J connectivity index is 2.02. The molecular weight excluding hydrogens is 216 g/mol. The molecule has 1 fully saturated rings. The molecule has 16 heavy (non-hydrogen) atoms. The summed E-state index contributed by atoms with van der Waals surface area (Å²) in [4.78, 5) is 12.8. The zero-order valence-corrected chi connectivity index (χ0v) is 10.7. The van der Waals surface area contributed by atoms with Crippen molar-refractivity contribution in [1.29, 1.82) is 0 Å². The van der Waals surface area contributed by atoms with Gasteiger partial charge in [0.2, 0.25) is 0 Å². The second-order valence-electron chi connectivity index (χ2n) is 4.69. The summed E-state index contributed by atoms with van der Waals surface area (Å²) >= 11 is 1.73. The second-order valence-corrected chi connectivity index (χ2v) is 5.96. The molecule has 0 spiro atoms. The molecule has 0 aromatic heterocycles. The Morgan fingerprint density at radius 1 is 1.25 bits per heavy atom. The van der Waals surface area contributed by atoms with Crippen molar-refractivity contribution >= 4 is 17.5 Å². The maximum Gasteiger partial charge on any atom is 0.146 e. The van der Waals surface area contributed by atoms with E-state index in [0.717, 1.165) is 19.3 Å². The number of carbonyl (C=O) groups excluding carboxylic acids is 1. The van der Waals surface area contributed by atoms with Crippen LogP contribution in [0.1, 0.15) is 44.6 Å². The maximum absolute atomic E-state index is 11.5. The van der Waals surface area contributed by atoms with Crippen molar-refractivity contribution in [2.45, 2.75) is 49.2 Å². The Morgan fingerprint density at radius 2 is 1.94 bits per heavy atom. The third kappa shape index (κ3) is 2.67. The van der Waals surface area contributed by atoms with E-state index in [1.54, 1.807) is 11.8 Å². The Labute approximate surface area is 102 Å². The van der Waals surface area contributed by atoms with E-state index in [2.05, 4.69) is 38.1 Å². The van der Waals surface area contributed by atoms with Crippen molar-refractivity contribution in [3.8, 4) is 0 Å². The van der Waals surface area contributed by atoms with Gasteiger partial charge in [0.15, 0.2) is 0 Å². The van der Waals surface area contributed by atoms with E-state index in [4.69, 9.17) is 0 Å². The molecule has 1 nitrogen and oxygen atoms in total. The van der Waals surface area contributed by atoms with E-state index in [9.17, 15) is 4.79 Å². The Kier molecular flexibility index (Phi) is 3.70. The third-order valence-electron chi connectivity index (χ3n) is 3.07. The van der Waals surface area contributed by atoms with Crippen LogP contribution in [0.5, 0.6) is 0 Å². The van der Waals surface area contributed by atoms with Gasteiger partial charge in [-0.1, -0.05) is 26.0 Å². The monoisotopic (exact) mass is 234 g/mol. The summed E-state index contributed by atoms with van der Waals surface area (Å²) in [5.41, 5.74) is 1.36. The van der Waals surface area contributed by atoms with Crippen LogP contribution in [-0.4, -0.2) is 11.0 Å². The average molecular weight is 234 g/mol. The minimum absolute atomic E-state index is 0.213. The van der Waals surface area contributed by atoms with Gasteiger partial charge in [-0.25, -0.2) is 0 Å². The van der Waals surface area contributed by atoms with E-state index in [0.29, 0.717) is 11.7 Å². The van der Waals surface area contributed by atoms with Gasteiger partial charge >= 0.3 is 0 Å². The highest BCUT2D eigenvalue weighted by Gasteiger charge is 2.24. The Bertz CT molecular complexity index is 367. The molecule has 1 atom stereocenters. The van der Waals surface area contributed by atoms with Crippen molar-refractivity contribution in [2.24, 2.45) is 0 Å². The molecule has 2 rings (SSSR count). The molecule has 86 valence electrons. The van der Waals surface area contributed by atoms with Crippen molar-refractivity contribution in [2.75, 3.05) is 0 Å². The highest BCUT2D eigenvalue weighted by Crippen LogP contribution is 2.33. The summed E-state index contributed by atoms with van der Waals surface area (Å²) in [6, 6.07) is 8.63. The van der Waals surface area contributed by atoms with Crippen molar-refractivity contribution in [3.05, 3.63) is 29.8 Å². The summed E-state index contributed by atoms with van der Waals surface area (Å²) in [6.07, 6.45) is 2.90. The predicted molar refractivity (Wildman–Crippen MR) is 69.0 cm³/mol. The lowest BCUT2D eigenvalue weighted by Gasteiger charge is -2.09. The molecule has 0 radical (unpaired) electrons. The highest BCUT2D eigenvalue weighted by molar-refractivity contribution is 8.00. The average Bonchev–Trinajstić information content (AvgIpc) is 2.65. The van der Waals surface area contributed by atoms with E-state index in [1.807, 2.05) is 0 Å². The number of carbonyl (C=O) groups is 1. The first-order valence-electron chi connectivity index (χ1n) is 5.96. The Morgan fingerprint density at radius 3 is 2.44 bits per heavy atom. The zero-order chi connectivity index (χ0) is 11.5. The summed E-state index contributed by atoms with van der Waals surface area (Å²) in [6.45, 7) is 4.39. The van der Waals surface area contributed by atoms with Crippen LogP contribution in [0.2, 0.25) is 0 Å². The van der Waals surface area contributed by atoms with Gasteiger partial charge < -0.3 is 0 Å². The summed E-state index contributed by atoms with van der Waals surface area (Å²) in [5.74, 6) is 1.00. The molecule has 0 heterocycles. The molecular formula is C14H18OS. The highest BCUT2D eigenvalue weighted by atomic mass is 32.2. The number of hydrogen-bond donors (Lipinski definition) is 0. The molecule has 0 aliphatic heterocycles. The molecule has 0 amide bonds. The number of thioether (sulfide) groups is 1. The molecule has 1 aliphatic carbocycles. The largest absolute Gasteiger partial charge is 0.298 e. The second kappa shape index (κ2) is 5.05. The van der Waals surface area contributed by atoms with Crippen molar-refractivity contribution in [1.82, 2.24) is 0 Å². The summed E-state index contributed by atoms with van der Waals surface area (Å²) in [5, 5.41) is 0.213. The van der Waals surface area contributed by atoms with Gasteiger partial charge in [0.25, 0.3) is 0 Å². The van der Waals surface area contributed by atoms with Crippen LogP contribution < -0.4 is 0 Å². The number of hydrogen-bond acceptors (Lipinski definition) is 2. The quantitative estimate of drug-likeness (QED) is 0.785. The number of rotatable bonds is 3. The van der Waals surface area contributed by atoms with Crippen molar-refractivity contribution in [3.63, 3.8) is 0 Å². The van der Waals surface area contributed by atoms with E-state index >= 15 is 0 Å². The van der Waals surface area contributed by atoms with Gasteiger partial charge in [-0.2, -0.15) is 0 Å². The fraction of sp³-hybridized carbons (Fsp3) is 0.500. The summed E-state index contributed by atoms with van der Waals surface area (Å²) in [7, 11) is 0. The van der Waals surface area contributed by atoms with Gasteiger partial charge in [-0.15, -0.1) is 11.8 Å². The SMILES string of the molecule is CC(C)c1ccc(SC2CCCC2=O)cc1. The Hall–Kier alpha value is -0.760. The van der Waals surface area contributed by atoms with Crippen LogP contribution in [0, 0.1) is 0 Å². The predicted octanol–water partition coefficient (Wildman–Crippen LogP) is 4.02. The lowest BCUT2D eigenvalue weighted by atomic mass is 10.0. The number of Topliss-reactive ketones (excluding diaryl/α,β-unsaturated/α-hetero) is 1. The van der Waals surface area contributed by atoms with Crippen LogP contribution in [0.3, 0.4) is 0 Å². The molecule has 1 saturated carbocycles. The summed E-state index contributed by atoms with van der Waals surface area (Å²) < 4.78 is 0. The molecule has 0 saturated heterocycles. The minimum atomic E-state index is 0.213. The van der Waals surface area contributed by atoms with Crippen LogP contribution in [-0.2, 0) is 4.79 Å². The number of ketones is 1. The molecule has 0 N–H and O–H groups in total. The minimum Gasteiger partial charge on any atom is -0.298 e. The first-order valence-corrected chi connectivity index (χ1v) is 6.84. The van der Waals surface area contributed by atoms with Gasteiger partial charge in [-0.3, -0.25) is 4.79 Å². The zero-order valence-electron chi connectivity index (χ0n) is 9.90. The first-order chi connectivity index (χ1) is 7.66. The normalized spacial score (nSPS) is 20.7. The first kappa shape index (κ1) is 11.7. The van der Waals surface area contributed by atoms with Crippen LogP contribution in [0.25, 0.3) is 0 Å². The molecule has 1 unspecified atom stereocenters. The molecule has 2 heteroatoms. The third-order valence-corrected chi connectivity index (χ3v) is 4.40.